The zero-order chi connectivity index (χ0) is 15.7. The molecule has 3 nitrogen and oxygen atoms in total. The molecule has 1 aromatic heterocycles. The van der Waals surface area contributed by atoms with E-state index in [4.69, 9.17) is 4.42 Å². The van der Waals surface area contributed by atoms with Gasteiger partial charge in [-0.1, -0.05) is 29.8 Å². The van der Waals surface area contributed by atoms with E-state index >= 15 is 0 Å². The van der Waals surface area contributed by atoms with Gasteiger partial charge in [0.25, 0.3) is 0 Å². The van der Waals surface area contributed by atoms with Crippen molar-refractivity contribution in [3.05, 3.63) is 75.6 Å². The summed E-state index contributed by atoms with van der Waals surface area (Å²) < 4.78 is 5.48. The van der Waals surface area contributed by atoms with Gasteiger partial charge in [-0.15, -0.1) is 0 Å². The van der Waals surface area contributed by atoms with Gasteiger partial charge in [-0.05, 0) is 43.7 Å². The van der Waals surface area contributed by atoms with Gasteiger partial charge in [-0.2, -0.15) is 0 Å². The van der Waals surface area contributed by atoms with Gasteiger partial charge < -0.3 is 9.32 Å². The van der Waals surface area contributed by atoms with Crippen molar-refractivity contribution in [2.24, 2.45) is 0 Å². The molecule has 0 atom stereocenters. The highest BCUT2D eigenvalue weighted by molar-refractivity contribution is 5.81. The lowest BCUT2D eigenvalue weighted by Gasteiger charge is -2.20. The average Bonchev–Trinajstić information content (AvgIpc) is 2.53. The third kappa shape index (κ3) is 2.62. The summed E-state index contributed by atoms with van der Waals surface area (Å²) in [7, 11) is 1.98. The van der Waals surface area contributed by atoms with Crippen LogP contribution in [-0.2, 0) is 6.54 Å². The van der Waals surface area contributed by atoms with Gasteiger partial charge in [0.2, 0.25) is 0 Å². The molecule has 0 bridgehead atoms. The number of aryl methyl sites for hydroxylation is 2. The fourth-order valence-electron chi connectivity index (χ4n) is 2.70. The molecule has 0 radical (unpaired) electrons. The molecular weight excluding hydrogens is 274 g/mol. The summed E-state index contributed by atoms with van der Waals surface area (Å²) in [6.07, 6.45) is 0. The van der Waals surface area contributed by atoms with E-state index in [1.165, 1.54) is 0 Å². The quantitative estimate of drug-likeness (QED) is 0.683. The van der Waals surface area contributed by atoms with Crippen molar-refractivity contribution < 1.29 is 4.42 Å². The van der Waals surface area contributed by atoms with Crippen molar-refractivity contribution in [2.75, 3.05) is 11.9 Å². The largest absolute Gasteiger partial charge is 0.422 e. The van der Waals surface area contributed by atoms with Crippen LogP contribution in [-0.4, -0.2) is 7.05 Å². The molecule has 0 N–H and O–H groups in total. The van der Waals surface area contributed by atoms with Crippen LogP contribution in [0.2, 0.25) is 0 Å². The first-order chi connectivity index (χ1) is 10.6. The van der Waals surface area contributed by atoms with Crippen LogP contribution in [0.25, 0.3) is 11.0 Å². The highest BCUT2D eigenvalue weighted by atomic mass is 16.4. The molecule has 0 amide bonds. The zero-order valence-electron chi connectivity index (χ0n) is 13.1. The molecule has 0 spiro atoms. The van der Waals surface area contributed by atoms with Crippen molar-refractivity contribution >= 4 is 16.7 Å². The maximum Gasteiger partial charge on any atom is 0.341 e. The lowest BCUT2D eigenvalue weighted by molar-refractivity contribution is 0.547. The minimum absolute atomic E-state index is 0.253. The highest BCUT2D eigenvalue weighted by Crippen LogP contribution is 2.22. The van der Waals surface area contributed by atoms with Gasteiger partial charge in [0, 0.05) is 18.1 Å². The molecule has 0 aliphatic carbocycles. The normalized spacial score (nSPS) is 10.9. The van der Waals surface area contributed by atoms with E-state index in [0.29, 0.717) is 17.7 Å². The lowest BCUT2D eigenvalue weighted by Crippen LogP contribution is -2.22. The monoisotopic (exact) mass is 293 g/mol. The Bertz CT molecular complexity index is 866. The fourth-order valence-corrected chi connectivity index (χ4v) is 2.70. The van der Waals surface area contributed by atoms with Crippen LogP contribution in [0.5, 0.6) is 0 Å². The van der Waals surface area contributed by atoms with Crippen molar-refractivity contribution in [1.82, 2.24) is 0 Å². The summed E-state index contributed by atoms with van der Waals surface area (Å²) in [6.45, 7) is 4.56. The highest BCUT2D eigenvalue weighted by Gasteiger charge is 2.13. The molecule has 0 unspecified atom stereocenters. The van der Waals surface area contributed by atoms with Crippen molar-refractivity contribution in [2.45, 2.75) is 20.4 Å². The molecule has 0 fully saturated rings. The van der Waals surface area contributed by atoms with Crippen molar-refractivity contribution in [1.29, 1.82) is 0 Å². The second-order valence-electron chi connectivity index (χ2n) is 5.68. The standard InChI is InChI=1S/C19H19NO2/c1-13-9-10-18-16(11-13)14(2)17(19(21)22-18)12-20(3)15-7-5-4-6-8-15/h4-11H,12H2,1-3H3. The number of benzene rings is 2. The van der Waals surface area contributed by atoms with E-state index in [-0.39, 0.29) is 5.63 Å². The van der Waals surface area contributed by atoms with Crippen LogP contribution in [0.3, 0.4) is 0 Å². The molecule has 22 heavy (non-hydrogen) atoms. The van der Waals surface area contributed by atoms with Gasteiger partial charge >= 0.3 is 5.63 Å². The third-order valence-electron chi connectivity index (χ3n) is 4.03. The SMILES string of the molecule is Cc1ccc2oc(=O)c(CN(C)c3ccccc3)c(C)c2c1. The Morgan fingerprint density at radius 3 is 2.50 bits per heavy atom. The number of rotatable bonds is 3. The summed E-state index contributed by atoms with van der Waals surface area (Å²) >= 11 is 0. The predicted octanol–water partition coefficient (Wildman–Crippen LogP) is 4.05. The van der Waals surface area contributed by atoms with Gasteiger partial charge in [0.1, 0.15) is 5.58 Å². The molecular formula is C19H19NO2. The number of nitrogens with zero attached hydrogens (tertiary/aromatic N) is 1. The minimum Gasteiger partial charge on any atom is -0.422 e. The Labute approximate surface area is 129 Å². The summed E-state index contributed by atoms with van der Waals surface area (Å²) in [5, 5.41) is 1.01. The van der Waals surface area contributed by atoms with E-state index < -0.39 is 0 Å². The molecule has 0 saturated carbocycles. The van der Waals surface area contributed by atoms with Crippen LogP contribution in [0, 0.1) is 13.8 Å². The predicted molar refractivity (Wildman–Crippen MR) is 90.5 cm³/mol. The van der Waals surface area contributed by atoms with Gasteiger partial charge in [0.05, 0.1) is 12.1 Å². The first-order valence-electron chi connectivity index (χ1n) is 7.35. The fraction of sp³-hybridized carbons (Fsp3) is 0.211. The first kappa shape index (κ1) is 14.4. The van der Waals surface area contributed by atoms with Crippen LogP contribution in [0.4, 0.5) is 5.69 Å². The van der Waals surface area contributed by atoms with E-state index in [1.807, 2.05) is 63.4 Å². The van der Waals surface area contributed by atoms with E-state index in [1.54, 1.807) is 0 Å². The number of fused-ring (bicyclic) bond motifs is 1. The molecule has 3 aromatic rings. The molecule has 112 valence electrons. The molecule has 2 aromatic carbocycles. The second-order valence-corrected chi connectivity index (χ2v) is 5.68. The number of anilines is 1. The lowest BCUT2D eigenvalue weighted by atomic mass is 10.0. The molecule has 0 aliphatic heterocycles. The van der Waals surface area contributed by atoms with Gasteiger partial charge in [-0.3, -0.25) is 0 Å². The Hall–Kier alpha value is -2.55. The Morgan fingerprint density at radius 1 is 1.05 bits per heavy atom. The summed E-state index contributed by atoms with van der Waals surface area (Å²) in [5.74, 6) is 0. The summed E-state index contributed by atoms with van der Waals surface area (Å²) in [6, 6.07) is 15.9. The van der Waals surface area contributed by atoms with Crippen LogP contribution >= 0.6 is 0 Å². The van der Waals surface area contributed by atoms with Crippen LogP contribution < -0.4 is 10.5 Å². The van der Waals surface area contributed by atoms with E-state index in [0.717, 1.165) is 22.2 Å². The molecule has 0 aliphatic rings. The number of para-hydroxylation sites is 1. The molecule has 3 rings (SSSR count). The van der Waals surface area contributed by atoms with Gasteiger partial charge in [-0.25, -0.2) is 4.79 Å². The maximum atomic E-state index is 12.3. The summed E-state index contributed by atoms with van der Waals surface area (Å²) in [5.41, 5.74) is 4.34. The Morgan fingerprint density at radius 2 is 1.77 bits per heavy atom. The smallest absolute Gasteiger partial charge is 0.341 e. The maximum absolute atomic E-state index is 12.3. The molecule has 1 heterocycles. The zero-order valence-corrected chi connectivity index (χ0v) is 13.1. The number of hydrogen-bond donors (Lipinski definition) is 0. The van der Waals surface area contributed by atoms with E-state index in [2.05, 4.69) is 11.0 Å². The van der Waals surface area contributed by atoms with Gasteiger partial charge in [0.15, 0.2) is 0 Å². The Balaban J connectivity index is 2.05. The number of hydrogen-bond acceptors (Lipinski definition) is 3. The van der Waals surface area contributed by atoms with Crippen molar-refractivity contribution in [3.8, 4) is 0 Å². The van der Waals surface area contributed by atoms with Crippen LogP contribution in [0.1, 0.15) is 16.7 Å². The minimum atomic E-state index is -0.253. The average molecular weight is 293 g/mol. The van der Waals surface area contributed by atoms with Crippen LogP contribution in [0.15, 0.2) is 57.7 Å². The van der Waals surface area contributed by atoms with E-state index in [9.17, 15) is 4.79 Å². The summed E-state index contributed by atoms with van der Waals surface area (Å²) in [4.78, 5) is 14.4. The third-order valence-corrected chi connectivity index (χ3v) is 4.03. The second kappa shape index (κ2) is 5.68. The first-order valence-corrected chi connectivity index (χ1v) is 7.35. The molecule has 0 saturated heterocycles. The Kier molecular flexibility index (Phi) is 3.72. The van der Waals surface area contributed by atoms with Crippen molar-refractivity contribution in [3.63, 3.8) is 0 Å². The topological polar surface area (TPSA) is 33.5 Å². The molecule has 3 heteroatoms.